The van der Waals surface area contributed by atoms with Crippen LogP contribution in [0.25, 0.3) is 0 Å². The van der Waals surface area contributed by atoms with Crippen LogP contribution in [0.3, 0.4) is 0 Å². The van der Waals surface area contributed by atoms with E-state index in [1.165, 1.54) is 0 Å². The quantitative estimate of drug-likeness (QED) is 0.931. The molecule has 3 atom stereocenters. The number of rotatable bonds is 3. The summed E-state index contributed by atoms with van der Waals surface area (Å²) in [6.45, 7) is 7.18. The van der Waals surface area contributed by atoms with Gasteiger partial charge in [-0.2, -0.15) is 0 Å². The third-order valence-corrected chi connectivity index (χ3v) is 4.51. The second kappa shape index (κ2) is 6.29. The highest BCUT2D eigenvalue weighted by atomic mass is 16.4. The molecule has 114 valence electrons. The summed E-state index contributed by atoms with van der Waals surface area (Å²) in [5, 5.41) is 9.20. The van der Waals surface area contributed by atoms with Crippen molar-refractivity contribution in [2.45, 2.75) is 39.7 Å². The first-order valence-electron chi connectivity index (χ1n) is 7.50. The second-order valence-electron chi connectivity index (χ2n) is 6.24. The molecule has 1 fully saturated rings. The van der Waals surface area contributed by atoms with Gasteiger partial charge in [-0.25, -0.2) is 4.79 Å². The highest BCUT2D eigenvalue weighted by molar-refractivity contribution is 5.91. The lowest BCUT2D eigenvalue weighted by atomic mass is 9.85. The number of aromatic carboxylic acids is 1. The summed E-state index contributed by atoms with van der Waals surface area (Å²) in [6, 6.07) is 6.95. The zero-order chi connectivity index (χ0) is 15.6. The molecule has 1 heterocycles. The maximum atomic E-state index is 12.6. The van der Waals surface area contributed by atoms with E-state index in [0.717, 1.165) is 13.0 Å². The van der Waals surface area contributed by atoms with Crippen LogP contribution >= 0.6 is 0 Å². The molecule has 4 heteroatoms. The first-order valence-corrected chi connectivity index (χ1v) is 7.50. The Kier molecular flexibility index (Phi) is 4.66. The van der Waals surface area contributed by atoms with Crippen molar-refractivity contribution in [3.63, 3.8) is 0 Å². The summed E-state index contributed by atoms with van der Waals surface area (Å²) in [5.74, 6) is 0.0173. The number of carbonyl (C=O) groups excluding carboxylic acids is 1. The minimum Gasteiger partial charge on any atom is -0.478 e. The van der Waals surface area contributed by atoms with Crippen LogP contribution < -0.4 is 0 Å². The van der Waals surface area contributed by atoms with Crippen LogP contribution in [0.1, 0.15) is 43.1 Å². The zero-order valence-electron chi connectivity index (χ0n) is 12.9. The number of nitrogens with zero attached hydrogens (tertiary/aromatic N) is 1. The van der Waals surface area contributed by atoms with E-state index < -0.39 is 5.97 Å². The molecule has 21 heavy (non-hydrogen) atoms. The number of amides is 1. The van der Waals surface area contributed by atoms with Crippen LogP contribution in [-0.2, 0) is 11.2 Å². The molecule has 1 amide bonds. The van der Waals surface area contributed by atoms with Gasteiger partial charge < -0.3 is 10.0 Å². The Bertz CT molecular complexity index is 541. The third-order valence-electron chi connectivity index (χ3n) is 4.51. The van der Waals surface area contributed by atoms with E-state index in [4.69, 9.17) is 0 Å². The van der Waals surface area contributed by atoms with Crippen LogP contribution in [0.2, 0.25) is 0 Å². The molecule has 1 saturated heterocycles. The van der Waals surface area contributed by atoms with Gasteiger partial charge in [0.25, 0.3) is 0 Å². The van der Waals surface area contributed by atoms with Crippen LogP contribution in [0, 0.1) is 11.8 Å². The van der Waals surface area contributed by atoms with Gasteiger partial charge in [0.05, 0.1) is 12.0 Å². The minimum absolute atomic E-state index is 0.0228. The predicted octanol–water partition coefficient (Wildman–Crippen LogP) is 2.82. The van der Waals surface area contributed by atoms with Gasteiger partial charge in [-0.05, 0) is 36.8 Å². The Labute approximate surface area is 125 Å². The van der Waals surface area contributed by atoms with Crippen molar-refractivity contribution in [3.05, 3.63) is 35.4 Å². The number of carboxylic acids is 1. The number of hydrogen-bond acceptors (Lipinski definition) is 2. The van der Waals surface area contributed by atoms with Gasteiger partial charge in [-0.15, -0.1) is 0 Å². The van der Waals surface area contributed by atoms with E-state index in [2.05, 4.69) is 20.8 Å². The van der Waals surface area contributed by atoms with Crippen LogP contribution in [0.5, 0.6) is 0 Å². The maximum absolute atomic E-state index is 12.6. The summed E-state index contributed by atoms with van der Waals surface area (Å²) in [6.07, 6.45) is 1.29. The molecular formula is C17H23NO3. The van der Waals surface area contributed by atoms with E-state index >= 15 is 0 Å². The van der Waals surface area contributed by atoms with E-state index in [-0.39, 0.29) is 23.9 Å². The molecule has 1 aliphatic heterocycles. The van der Waals surface area contributed by atoms with Crippen molar-refractivity contribution < 1.29 is 14.7 Å². The molecule has 2 rings (SSSR count). The average molecular weight is 289 g/mol. The summed E-state index contributed by atoms with van der Waals surface area (Å²) in [7, 11) is 0. The SMILES string of the molecule is CC1CC(C)C(C)N(C(=O)Cc2ccccc2C(=O)O)C1. The van der Waals surface area contributed by atoms with Gasteiger partial charge in [0.15, 0.2) is 0 Å². The molecule has 0 spiro atoms. The molecule has 1 N–H and O–H groups in total. The van der Waals surface area contributed by atoms with Crippen molar-refractivity contribution in [1.29, 1.82) is 0 Å². The van der Waals surface area contributed by atoms with E-state index in [1.54, 1.807) is 24.3 Å². The smallest absolute Gasteiger partial charge is 0.335 e. The second-order valence-corrected chi connectivity index (χ2v) is 6.24. The van der Waals surface area contributed by atoms with Crippen molar-refractivity contribution in [2.24, 2.45) is 11.8 Å². The summed E-state index contributed by atoms with van der Waals surface area (Å²) in [5.41, 5.74) is 0.810. The first kappa shape index (κ1) is 15.5. The summed E-state index contributed by atoms with van der Waals surface area (Å²) in [4.78, 5) is 25.7. The number of piperidine rings is 1. The van der Waals surface area contributed by atoms with Crippen molar-refractivity contribution >= 4 is 11.9 Å². The largest absolute Gasteiger partial charge is 0.478 e. The maximum Gasteiger partial charge on any atom is 0.335 e. The fourth-order valence-corrected chi connectivity index (χ4v) is 3.19. The highest BCUT2D eigenvalue weighted by Crippen LogP contribution is 2.27. The molecule has 1 aromatic rings. The van der Waals surface area contributed by atoms with E-state index in [1.807, 2.05) is 4.90 Å². The molecule has 1 aliphatic rings. The Morgan fingerprint density at radius 3 is 2.57 bits per heavy atom. The fourth-order valence-electron chi connectivity index (χ4n) is 3.19. The highest BCUT2D eigenvalue weighted by Gasteiger charge is 2.32. The summed E-state index contributed by atoms with van der Waals surface area (Å²) >= 11 is 0. The topological polar surface area (TPSA) is 57.6 Å². The number of benzene rings is 1. The van der Waals surface area contributed by atoms with Crippen molar-refractivity contribution in [2.75, 3.05) is 6.54 Å². The van der Waals surface area contributed by atoms with Crippen LogP contribution in [0.4, 0.5) is 0 Å². The third kappa shape index (κ3) is 3.43. The van der Waals surface area contributed by atoms with Gasteiger partial charge in [0.2, 0.25) is 5.91 Å². The Morgan fingerprint density at radius 2 is 1.90 bits per heavy atom. The molecular weight excluding hydrogens is 266 g/mol. The van der Waals surface area contributed by atoms with E-state index in [0.29, 0.717) is 17.4 Å². The number of hydrogen-bond donors (Lipinski definition) is 1. The van der Waals surface area contributed by atoms with Gasteiger partial charge >= 0.3 is 5.97 Å². The van der Waals surface area contributed by atoms with Gasteiger partial charge in [-0.3, -0.25) is 4.79 Å². The summed E-state index contributed by atoms with van der Waals surface area (Å²) < 4.78 is 0. The fraction of sp³-hybridized carbons (Fsp3) is 0.529. The Morgan fingerprint density at radius 1 is 1.24 bits per heavy atom. The molecule has 1 aromatic carbocycles. The van der Waals surface area contributed by atoms with Gasteiger partial charge in [0.1, 0.15) is 0 Å². The molecule has 0 aromatic heterocycles. The first-order chi connectivity index (χ1) is 9.90. The molecule has 3 unspecified atom stereocenters. The number of carboxylic acid groups (broad SMARTS) is 1. The average Bonchev–Trinajstić information content (AvgIpc) is 2.43. The van der Waals surface area contributed by atoms with E-state index in [9.17, 15) is 14.7 Å². The Hall–Kier alpha value is -1.84. The van der Waals surface area contributed by atoms with Gasteiger partial charge in [0, 0.05) is 12.6 Å². The minimum atomic E-state index is -0.980. The monoisotopic (exact) mass is 289 g/mol. The zero-order valence-corrected chi connectivity index (χ0v) is 12.9. The molecule has 0 aliphatic carbocycles. The molecule has 0 radical (unpaired) electrons. The normalized spacial score (nSPS) is 25.7. The van der Waals surface area contributed by atoms with Crippen LogP contribution in [-0.4, -0.2) is 34.5 Å². The number of likely N-dealkylation sites (tertiary alicyclic amines) is 1. The molecule has 0 saturated carbocycles. The Balaban J connectivity index is 2.16. The molecule has 4 nitrogen and oxygen atoms in total. The lowest BCUT2D eigenvalue weighted by Crippen LogP contribution is -2.49. The van der Waals surface area contributed by atoms with Gasteiger partial charge in [-0.1, -0.05) is 32.0 Å². The lowest BCUT2D eigenvalue weighted by molar-refractivity contribution is -0.136. The van der Waals surface area contributed by atoms with Crippen molar-refractivity contribution in [3.8, 4) is 0 Å². The standard InChI is InChI=1S/C17H23NO3/c1-11-8-12(2)13(3)18(10-11)16(19)9-14-6-4-5-7-15(14)17(20)21/h4-7,11-13H,8-10H2,1-3H3,(H,20,21). The van der Waals surface area contributed by atoms with Crippen LogP contribution in [0.15, 0.2) is 24.3 Å². The lowest BCUT2D eigenvalue weighted by Gasteiger charge is -2.41. The number of carbonyl (C=O) groups is 2. The van der Waals surface area contributed by atoms with Crippen molar-refractivity contribution in [1.82, 2.24) is 4.90 Å². The molecule has 0 bridgehead atoms. The predicted molar refractivity (Wildman–Crippen MR) is 81.2 cm³/mol.